The third-order valence-electron chi connectivity index (χ3n) is 1.79. The summed E-state index contributed by atoms with van der Waals surface area (Å²) in [6.07, 6.45) is 0. The van der Waals surface area contributed by atoms with Crippen molar-refractivity contribution in [3.05, 3.63) is 28.8 Å². The normalized spacial score (nSPS) is 11.7. The van der Waals surface area contributed by atoms with E-state index in [9.17, 15) is 5.11 Å². The van der Waals surface area contributed by atoms with Crippen molar-refractivity contribution in [2.24, 2.45) is 0 Å². The number of hydrogen-bond donors (Lipinski definition) is 1. The Hall–Kier alpha value is -0.690. The Morgan fingerprint density at radius 2 is 1.83 bits per heavy atom. The van der Waals surface area contributed by atoms with Gasteiger partial charge in [-0.1, -0.05) is 44.5 Å². The molecule has 0 aromatic heterocycles. The van der Waals surface area contributed by atoms with Gasteiger partial charge in [-0.25, -0.2) is 0 Å². The van der Waals surface area contributed by atoms with Crippen molar-refractivity contribution in [3.63, 3.8) is 0 Å². The second-order valence-corrected chi connectivity index (χ2v) is 4.27. The molecule has 0 aliphatic heterocycles. The highest BCUT2D eigenvalue weighted by Crippen LogP contribution is 2.34. The van der Waals surface area contributed by atoms with Crippen LogP contribution in [0, 0.1) is 0 Å². The molecule has 1 aromatic carbocycles. The summed E-state index contributed by atoms with van der Waals surface area (Å²) in [4.78, 5) is 0. The highest BCUT2D eigenvalue weighted by molar-refractivity contribution is 6.32. The lowest BCUT2D eigenvalue weighted by Crippen LogP contribution is -2.11. The molecule has 1 aromatic rings. The third kappa shape index (κ3) is 1.72. The topological polar surface area (TPSA) is 20.2 Å². The molecule has 66 valence electrons. The number of phenolic OH excluding ortho intramolecular Hbond substituents is 1. The Labute approximate surface area is 78.0 Å². The van der Waals surface area contributed by atoms with Crippen LogP contribution in [-0.2, 0) is 5.41 Å². The highest BCUT2D eigenvalue weighted by atomic mass is 35.5. The Kier molecular flexibility index (Phi) is 2.34. The van der Waals surface area contributed by atoms with E-state index in [4.69, 9.17) is 11.6 Å². The van der Waals surface area contributed by atoms with Crippen LogP contribution in [0.15, 0.2) is 18.2 Å². The number of aromatic hydroxyl groups is 1. The molecule has 12 heavy (non-hydrogen) atoms. The van der Waals surface area contributed by atoms with Gasteiger partial charge in [0.05, 0.1) is 5.02 Å². The zero-order valence-electron chi connectivity index (χ0n) is 7.56. The fourth-order valence-corrected chi connectivity index (χ4v) is 1.51. The van der Waals surface area contributed by atoms with Crippen molar-refractivity contribution < 1.29 is 5.11 Å². The highest BCUT2D eigenvalue weighted by Gasteiger charge is 2.18. The molecule has 1 nitrogen and oxygen atoms in total. The summed E-state index contributed by atoms with van der Waals surface area (Å²) in [7, 11) is 0. The van der Waals surface area contributed by atoms with Gasteiger partial charge in [-0.3, -0.25) is 0 Å². The summed E-state index contributed by atoms with van der Waals surface area (Å²) in [5, 5.41) is 9.79. The van der Waals surface area contributed by atoms with Crippen LogP contribution in [0.3, 0.4) is 0 Å². The first-order valence-electron chi connectivity index (χ1n) is 3.91. The van der Waals surface area contributed by atoms with Crippen molar-refractivity contribution in [1.82, 2.24) is 0 Å². The van der Waals surface area contributed by atoms with E-state index in [-0.39, 0.29) is 11.2 Å². The lowest BCUT2D eigenvalue weighted by atomic mass is 9.87. The van der Waals surface area contributed by atoms with E-state index >= 15 is 0 Å². The predicted molar refractivity (Wildman–Crippen MR) is 51.8 cm³/mol. The van der Waals surface area contributed by atoms with Gasteiger partial charge in [-0.2, -0.15) is 0 Å². The Morgan fingerprint density at radius 3 is 2.25 bits per heavy atom. The minimum atomic E-state index is -0.0180. The first-order valence-corrected chi connectivity index (χ1v) is 4.28. The van der Waals surface area contributed by atoms with Gasteiger partial charge in [0.2, 0.25) is 0 Å². The zero-order chi connectivity index (χ0) is 9.35. The minimum absolute atomic E-state index is 0.0180. The van der Waals surface area contributed by atoms with Gasteiger partial charge >= 0.3 is 0 Å². The Morgan fingerprint density at radius 1 is 1.25 bits per heavy atom. The molecule has 1 N–H and O–H groups in total. The smallest absolute Gasteiger partial charge is 0.134 e. The van der Waals surface area contributed by atoms with Gasteiger partial charge in [0.1, 0.15) is 5.75 Å². The number of phenols is 1. The molecular weight excluding hydrogens is 172 g/mol. The maximum Gasteiger partial charge on any atom is 0.134 e. The zero-order valence-corrected chi connectivity index (χ0v) is 8.31. The van der Waals surface area contributed by atoms with Gasteiger partial charge < -0.3 is 5.11 Å². The fraction of sp³-hybridized carbons (Fsp3) is 0.400. The first kappa shape index (κ1) is 9.40. The van der Waals surface area contributed by atoms with E-state index < -0.39 is 0 Å². The molecule has 0 saturated heterocycles. The van der Waals surface area contributed by atoms with E-state index in [1.807, 2.05) is 12.1 Å². The van der Waals surface area contributed by atoms with E-state index in [0.717, 1.165) is 5.56 Å². The third-order valence-corrected chi connectivity index (χ3v) is 2.18. The first-order chi connectivity index (χ1) is 5.43. The van der Waals surface area contributed by atoms with Gasteiger partial charge in [-0.15, -0.1) is 0 Å². The molecule has 1 rings (SSSR count). The van der Waals surface area contributed by atoms with E-state index in [2.05, 4.69) is 20.8 Å². The molecular formula is C10H13ClO. The molecule has 0 saturated carbocycles. The van der Waals surface area contributed by atoms with Gasteiger partial charge in [0.15, 0.2) is 0 Å². The van der Waals surface area contributed by atoms with Crippen molar-refractivity contribution in [2.75, 3.05) is 0 Å². The van der Waals surface area contributed by atoms with Crippen LogP contribution >= 0.6 is 11.6 Å². The van der Waals surface area contributed by atoms with Crippen LogP contribution in [0.4, 0.5) is 0 Å². The molecule has 0 spiro atoms. The number of halogens is 1. The number of hydrogen-bond acceptors (Lipinski definition) is 1. The van der Waals surface area contributed by atoms with Gasteiger partial charge in [0.25, 0.3) is 0 Å². The summed E-state index contributed by atoms with van der Waals surface area (Å²) >= 11 is 5.93. The monoisotopic (exact) mass is 184 g/mol. The summed E-state index contributed by atoms with van der Waals surface area (Å²) < 4.78 is 0. The summed E-state index contributed by atoms with van der Waals surface area (Å²) in [5.41, 5.74) is 0.958. The molecule has 0 radical (unpaired) electrons. The lowest BCUT2D eigenvalue weighted by molar-refractivity contribution is 0.471. The lowest BCUT2D eigenvalue weighted by Gasteiger charge is -2.20. The Bertz CT molecular complexity index is 286. The van der Waals surface area contributed by atoms with Crippen molar-refractivity contribution >= 4 is 11.6 Å². The maximum absolute atomic E-state index is 9.33. The quantitative estimate of drug-likeness (QED) is 0.656. The van der Waals surface area contributed by atoms with Crippen molar-refractivity contribution in [2.45, 2.75) is 26.2 Å². The minimum Gasteiger partial charge on any atom is -0.506 e. The summed E-state index contributed by atoms with van der Waals surface area (Å²) in [6.45, 7) is 6.19. The summed E-state index contributed by atoms with van der Waals surface area (Å²) in [5.74, 6) is 0.157. The van der Waals surface area contributed by atoms with Crippen LogP contribution in [0.5, 0.6) is 5.75 Å². The largest absolute Gasteiger partial charge is 0.506 e. The summed E-state index contributed by atoms with van der Waals surface area (Å²) in [6, 6.07) is 5.33. The van der Waals surface area contributed by atoms with Gasteiger partial charge in [0, 0.05) is 0 Å². The van der Waals surface area contributed by atoms with Crippen LogP contribution in [0.25, 0.3) is 0 Å². The second-order valence-electron chi connectivity index (χ2n) is 3.89. The molecule has 0 amide bonds. The average molecular weight is 185 g/mol. The van der Waals surface area contributed by atoms with E-state index in [1.54, 1.807) is 6.07 Å². The van der Waals surface area contributed by atoms with Crippen molar-refractivity contribution in [1.29, 1.82) is 0 Å². The van der Waals surface area contributed by atoms with Crippen LogP contribution in [0.1, 0.15) is 26.3 Å². The molecule has 0 unspecified atom stereocenters. The van der Waals surface area contributed by atoms with Gasteiger partial charge in [-0.05, 0) is 17.0 Å². The van der Waals surface area contributed by atoms with Crippen LogP contribution < -0.4 is 0 Å². The number of benzene rings is 1. The Balaban J connectivity index is 3.26. The fourth-order valence-electron chi connectivity index (χ4n) is 1.10. The molecule has 0 atom stereocenters. The molecule has 0 fully saturated rings. The second kappa shape index (κ2) is 2.98. The van der Waals surface area contributed by atoms with Crippen LogP contribution in [0.2, 0.25) is 5.02 Å². The maximum atomic E-state index is 9.33. The molecule has 0 aliphatic carbocycles. The molecule has 0 aliphatic rings. The van der Waals surface area contributed by atoms with Crippen molar-refractivity contribution in [3.8, 4) is 5.75 Å². The van der Waals surface area contributed by atoms with E-state index in [0.29, 0.717) is 5.02 Å². The number of rotatable bonds is 0. The molecule has 0 bridgehead atoms. The molecule has 0 heterocycles. The van der Waals surface area contributed by atoms with E-state index in [1.165, 1.54) is 0 Å². The average Bonchev–Trinajstić information content (AvgIpc) is 1.92. The molecule has 2 heteroatoms. The standard InChI is InChI=1S/C10H13ClO/c1-10(2,3)7-5-4-6-8(12)9(7)11/h4-6,12H,1-3H3. The van der Waals surface area contributed by atoms with Crippen LogP contribution in [-0.4, -0.2) is 5.11 Å². The predicted octanol–water partition coefficient (Wildman–Crippen LogP) is 3.34. The SMILES string of the molecule is CC(C)(C)c1cccc(O)c1Cl.